The summed E-state index contributed by atoms with van der Waals surface area (Å²) in [5.41, 5.74) is -0.573. The highest BCUT2D eigenvalue weighted by Crippen LogP contribution is 2.15. The van der Waals surface area contributed by atoms with E-state index in [1.54, 1.807) is 0 Å². The van der Waals surface area contributed by atoms with Gasteiger partial charge in [0.15, 0.2) is 6.61 Å². The maximum absolute atomic E-state index is 13.3. The molecule has 2 aromatic carbocycles. The molecule has 1 amide bonds. The number of benzene rings is 2. The highest BCUT2D eigenvalue weighted by atomic mass is 19.1. The third kappa shape index (κ3) is 3.85. The number of nitrogens with one attached hydrogen (secondary N) is 1. The number of hydrogen-bond donors (Lipinski definition) is 1. The Kier molecular flexibility index (Phi) is 4.77. The number of hydrogen-bond acceptors (Lipinski definition) is 3. The first-order valence-electron chi connectivity index (χ1n) is 6.14. The van der Waals surface area contributed by atoms with Crippen molar-refractivity contribution >= 4 is 17.6 Å². The van der Waals surface area contributed by atoms with Crippen molar-refractivity contribution in [2.24, 2.45) is 0 Å². The predicted octanol–water partition coefficient (Wildman–Crippen LogP) is 2.90. The summed E-state index contributed by atoms with van der Waals surface area (Å²) >= 11 is 0. The largest absolute Gasteiger partial charge is 0.452 e. The van der Waals surface area contributed by atoms with Crippen molar-refractivity contribution in [1.82, 2.24) is 0 Å². The molecule has 0 radical (unpaired) electrons. The lowest BCUT2D eigenvalue weighted by Gasteiger charge is -2.08. The van der Waals surface area contributed by atoms with E-state index in [-0.39, 0.29) is 11.3 Å². The van der Waals surface area contributed by atoms with Gasteiger partial charge in [0.25, 0.3) is 5.91 Å². The van der Waals surface area contributed by atoms with E-state index in [1.807, 2.05) is 0 Å². The van der Waals surface area contributed by atoms with Crippen molar-refractivity contribution in [3.8, 4) is 0 Å². The smallest absolute Gasteiger partial charge is 0.341 e. The van der Waals surface area contributed by atoms with Gasteiger partial charge in [0.2, 0.25) is 0 Å². The number of anilines is 1. The molecule has 0 saturated carbocycles. The third-order valence-electron chi connectivity index (χ3n) is 2.63. The summed E-state index contributed by atoms with van der Waals surface area (Å²) in [5.74, 6) is -4.39. The van der Waals surface area contributed by atoms with Crippen LogP contribution >= 0.6 is 0 Å². The first-order valence-corrected chi connectivity index (χ1v) is 6.14. The summed E-state index contributed by atoms with van der Waals surface area (Å²) < 4.78 is 44.0. The van der Waals surface area contributed by atoms with E-state index in [4.69, 9.17) is 0 Å². The molecule has 0 aliphatic heterocycles. The lowest BCUT2D eigenvalue weighted by molar-refractivity contribution is -0.119. The Morgan fingerprint density at radius 1 is 1.00 bits per heavy atom. The first-order chi connectivity index (χ1) is 10.5. The molecule has 1 N–H and O–H groups in total. The molecule has 0 fully saturated rings. The Morgan fingerprint density at radius 2 is 1.73 bits per heavy atom. The van der Waals surface area contributed by atoms with E-state index < -0.39 is 35.9 Å². The third-order valence-corrected chi connectivity index (χ3v) is 2.63. The van der Waals surface area contributed by atoms with Crippen molar-refractivity contribution < 1.29 is 27.5 Å². The zero-order chi connectivity index (χ0) is 16.1. The van der Waals surface area contributed by atoms with Crippen molar-refractivity contribution in [1.29, 1.82) is 0 Å². The van der Waals surface area contributed by atoms with Crippen molar-refractivity contribution in [2.45, 2.75) is 0 Å². The lowest BCUT2D eigenvalue weighted by Crippen LogP contribution is -2.21. The Balaban J connectivity index is 1.93. The monoisotopic (exact) mass is 309 g/mol. The quantitative estimate of drug-likeness (QED) is 0.884. The number of esters is 1. The summed E-state index contributed by atoms with van der Waals surface area (Å²) in [5, 5.41) is 2.11. The Bertz CT molecular complexity index is 719. The van der Waals surface area contributed by atoms with Crippen molar-refractivity contribution in [3.05, 3.63) is 65.5 Å². The maximum atomic E-state index is 13.3. The zero-order valence-electron chi connectivity index (χ0n) is 11.1. The van der Waals surface area contributed by atoms with E-state index in [9.17, 15) is 22.8 Å². The molecule has 4 nitrogen and oxygen atoms in total. The predicted molar refractivity (Wildman–Crippen MR) is 71.7 cm³/mol. The number of carbonyl (C=O) groups excluding carboxylic acids is 2. The number of ether oxygens (including phenoxy) is 1. The molecule has 0 spiro atoms. The van der Waals surface area contributed by atoms with E-state index >= 15 is 0 Å². The van der Waals surface area contributed by atoms with Gasteiger partial charge in [-0.05, 0) is 24.3 Å². The highest BCUT2D eigenvalue weighted by molar-refractivity contribution is 5.95. The molecule has 0 aromatic heterocycles. The second kappa shape index (κ2) is 6.75. The lowest BCUT2D eigenvalue weighted by atomic mass is 10.2. The Morgan fingerprint density at radius 3 is 2.41 bits per heavy atom. The van der Waals surface area contributed by atoms with Gasteiger partial charge in [0.05, 0.1) is 11.3 Å². The van der Waals surface area contributed by atoms with Gasteiger partial charge in [-0.15, -0.1) is 0 Å². The van der Waals surface area contributed by atoms with Crippen LogP contribution < -0.4 is 5.32 Å². The molecule has 0 bridgehead atoms. The molecule has 0 unspecified atom stereocenters. The molecule has 0 atom stereocenters. The van der Waals surface area contributed by atoms with Crippen LogP contribution in [-0.2, 0) is 9.53 Å². The Labute approximate surface area is 123 Å². The van der Waals surface area contributed by atoms with Crippen LogP contribution in [0.1, 0.15) is 10.4 Å². The fourth-order valence-corrected chi connectivity index (χ4v) is 1.61. The molecule has 0 aliphatic rings. The number of amides is 1. The van der Waals surface area contributed by atoms with Crippen LogP contribution in [0.3, 0.4) is 0 Å². The fourth-order valence-electron chi connectivity index (χ4n) is 1.61. The summed E-state index contributed by atoms with van der Waals surface area (Å²) in [6, 6.07) is 7.70. The molecule has 0 aliphatic carbocycles. The second-order valence-corrected chi connectivity index (χ2v) is 4.23. The van der Waals surface area contributed by atoms with Gasteiger partial charge < -0.3 is 10.1 Å². The highest BCUT2D eigenvalue weighted by Gasteiger charge is 2.15. The summed E-state index contributed by atoms with van der Waals surface area (Å²) in [4.78, 5) is 23.1. The van der Waals surface area contributed by atoms with Gasteiger partial charge >= 0.3 is 5.97 Å². The van der Waals surface area contributed by atoms with Gasteiger partial charge in [-0.25, -0.2) is 18.0 Å². The minimum absolute atomic E-state index is 0.256. The molecule has 2 aromatic rings. The van der Waals surface area contributed by atoms with Crippen LogP contribution in [0.5, 0.6) is 0 Å². The van der Waals surface area contributed by atoms with Crippen molar-refractivity contribution in [2.75, 3.05) is 11.9 Å². The average molecular weight is 309 g/mol. The summed E-state index contributed by atoms with van der Waals surface area (Å²) in [7, 11) is 0. The van der Waals surface area contributed by atoms with Crippen LogP contribution in [0, 0.1) is 17.5 Å². The first kappa shape index (κ1) is 15.6. The van der Waals surface area contributed by atoms with Crippen molar-refractivity contribution in [3.63, 3.8) is 0 Å². The van der Waals surface area contributed by atoms with Gasteiger partial charge in [-0.1, -0.05) is 12.1 Å². The van der Waals surface area contributed by atoms with E-state index in [2.05, 4.69) is 10.1 Å². The Hall–Kier alpha value is -2.83. The van der Waals surface area contributed by atoms with Crippen LogP contribution in [0.25, 0.3) is 0 Å². The maximum Gasteiger partial charge on any atom is 0.341 e. The average Bonchev–Trinajstić information content (AvgIpc) is 2.48. The van der Waals surface area contributed by atoms with Crippen LogP contribution in [-0.4, -0.2) is 18.5 Å². The number of carbonyl (C=O) groups is 2. The number of rotatable bonds is 4. The molecule has 7 heteroatoms. The molecule has 2 rings (SSSR count). The van der Waals surface area contributed by atoms with Gasteiger partial charge in [0.1, 0.15) is 17.5 Å². The molecular formula is C15H10F3NO3. The minimum Gasteiger partial charge on any atom is -0.452 e. The molecule has 114 valence electrons. The van der Waals surface area contributed by atoms with Gasteiger partial charge in [0, 0.05) is 6.07 Å². The molecule has 0 heterocycles. The fraction of sp³-hybridized carbons (Fsp3) is 0.0667. The van der Waals surface area contributed by atoms with Crippen LogP contribution in [0.15, 0.2) is 42.5 Å². The normalized spacial score (nSPS) is 10.1. The van der Waals surface area contributed by atoms with E-state index in [1.165, 1.54) is 18.2 Å². The minimum atomic E-state index is -1.02. The van der Waals surface area contributed by atoms with Gasteiger partial charge in [-0.2, -0.15) is 0 Å². The topological polar surface area (TPSA) is 55.4 Å². The van der Waals surface area contributed by atoms with Crippen LogP contribution in [0.4, 0.5) is 18.9 Å². The van der Waals surface area contributed by atoms with Gasteiger partial charge in [-0.3, -0.25) is 4.79 Å². The standard InChI is InChI=1S/C15H10F3NO3/c16-9-5-6-13(12(18)7-9)19-14(20)8-22-15(21)10-3-1-2-4-11(10)17/h1-7H,8H2,(H,19,20). The summed E-state index contributed by atoms with van der Waals surface area (Å²) in [6.07, 6.45) is 0. The zero-order valence-corrected chi connectivity index (χ0v) is 11.1. The number of halogens is 3. The SMILES string of the molecule is O=C(COC(=O)c1ccccc1F)Nc1ccc(F)cc1F. The van der Waals surface area contributed by atoms with E-state index in [0.717, 1.165) is 18.2 Å². The van der Waals surface area contributed by atoms with E-state index in [0.29, 0.717) is 6.07 Å². The molecule has 22 heavy (non-hydrogen) atoms. The summed E-state index contributed by atoms with van der Waals surface area (Å²) in [6.45, 7) is -0.732. The molecule has 0 saturated heterocycles. The second-order valence-electron chi connectivity index (χ2n) is 4.23. The van der Waals surface area contributed by atoms with Crippen LogP contribution in [0.2, 0.25) is 0 Å². The molecular weight excluding hydrogens is 299 g/mol.